The van der Waals surface area contributed by atoms with Crippen molar-refractivity contribution in [3.05, 3.63) is 46.6 Å². The molecule has 0 spiro atoms. The fourth-order valence-electron chi connectivity index (χ4n) is 1.65. The van der Waals surface area contributed by atoms with Gasteiger partial charge in [0, 0.05) is 10.6 Å². The second-order valence-electron chi connectivity index (χ2n) is 3.87. The summed E-state index contributed by atoms with van der Waals surface area (Å²) < 4.78 is 1.54. The predicted molar refractivity (Wildman–Crippen MR) is 68.5 cm³/mol. The van der Waals surface area contributed by atoms with Gasteiger partial charge in [-0.1, -0.05) is 29.8 Å². The lowest BCUT2D eigenvalue weighted by atomic mass is 10.2. The van der Waals surface area contributed by atoms with Gasteiger partial charge in [0.15, 0.2) is 0 Å². The second-order valence-corrected chi connectivity index (χ2v) is 4.28. The first-order valence-electron chi connectivity index (χ1n) is 5.33. The third-order valence-corrected chi connectivity index (χ3v) is 2.95. The van der Waals surface area contributed by atoms with E-state index in [-0.39, 0.29) is 6.42 Å². The Labute approximate surface area is 109 Å². The number of benzene rings is 1. The van der Waals surface area contributed by atoms with Crippen molar-refractivity contribution in [2.45, 2.75) is 13.0 Å². The Morgan fingerprint density at radius 3 is 2.78 bits per heavy atom. The third kappa shape index (κ3) is 2.62. The lowest BCUT2D eigenvalue weighted by Gasteiger charge is -2.06. The Morgan fingerprint density at radius 1 is 1.39 bits per heavy atom. The van der Waals surface area contributed by atoms with Gasteiger partial charge in [-0.05, 0) is 11.6 Å². The zero-order valence-corrected chi connectivity index (χ0v) is 10.3. The Hall–Kier alpha value is -2.01. The summed E-state index contributed by atoms with van der Waals surface area (Å²) in [5, 5.41) is 13.4. The molecular weight excluding hydrogens is 254 g/mol. The summed E-state index contributed by atoms with van der Waals surface area (Å²) in [5.41, 5.74) is 7.24. The first kappa shape index (κ1) is 12.4. The molecule has 18 heavy (non-hydrogen) atoms. The van der Waals surface area contributed by atoms with Crippen LogP contribution in [0.5, 0.6) is 0 Å². The molecule has 0 atom stereocenters. The molecule has 2 rings (SSSR count). The highest BCUT2D eigenvalue weighted by molar-refractivity contribution is 6.31. The van der Waals surface area contributed by atoms with Gasteiger partial charge in [-0.15, -0.1) is 0 Å². The Morgan fingerprint density at radius 2 is 2.11 bits per heavy atom. The lowest BCUT2D eigenvalue weighted by Crippen LogP contribution is -2.08. The van der Waals surface area contributed by atoms with Crippen molar-refractivity contribution in [1.29, 1.82) is 0 Å². The SMILES string of the molecule is Nc1c(CC(=O)O)cnn1Cc1ccccc1Cl. The maximum atomic E-state index is 10.6. The molecule has 0 saturated heterocycles. The maximum absolute atomic E-state index is 10.6. The molecule has 0 aliphatic heterocycles. The first-order chi connectivity index (χ1) is 8.58. The van der Waals surface area contributed by atoms with Crippen molar-refractivity contribution in [3.8, 4) is 0 Å². The second kappa shape index (κ2) is 5.10. The largest absolute Gasteiger partial charge is 0.481 e. The van der Waals surface area contributed by atoms with Crippen molar-refractivity contribution in [3.63, 3.8) is 0 Å². The van der Waals surface area contributed by atoms with E-state index < -0.39 is 5.97 Å². The van der Waals surface area contributed by atoms with Gasteiger partial charge in [0.05, 0.1) is 19.2 Å². The van der Waals surface area contributed by atoms with Crippen LogP contribution in [-0.4, -0.2) is 20.9 Å². The highest BCUT2D eigenvalue weighted by Gasteiger charge is 2.11. The molecule has 5 nitrogen and oxygen atoms in total. The maximum Gasteiger partial charge on any atom is 0.308 e. The highest BCUT2D eigenvalue weighted by Crippen LogP contribution is 2.19. The van der Waals surface area contributed by atoms with E-state index in [1.165, 1.54) is 6.20 Å². The van der Waals surface area contributed by atoms with Crippen LogP contribution in [0.3, 0.4) is 0 Å². The number of rotatable bonds is 4. The molecule has 1 heterocycles. The molecule has 0 unspecified atom stereocenters. The fraction of sp³-hybridized carbons (Fsp3) is 0.167. The first-order valence-corrected chi connectivity index (χ1v) is 5.71. The van der Waals surface area contributed by atoms with E-state index in [9.17, 15) is 4.79 Å². The summed E-state index contributed by atoms with van der Waals surface area (Å²) in [5.74, 6) is -0.573. The van der Waals surface area contributed by atoms with Gasteiger partial charge in [-0.25, -0.2) is 4.68 Å². The zero-order valence-electron chi connectivity index (χ0n) is 9.51. The van der Waals surface area contributed by atoms with Crippen LogP contribution >= 0.6 is 11.6 Å². The Bertz CT molecular complexity index is 580. The van der Waals surface area contributed by atoms with Crippen molar-refractivity contribution in [2.24, 2.45) is 0 Å². The van der Waals surface area contributed by atoms with Gasteiger partial charge in [-0.2, -0.15) is 5.10 Å². The summed E-state index contributed by atoms with van der Waals surface area (Å²) in [6.07, 6.45) is 1.34. The molecule has 0 aliphatic rings. The molecule has 0 radical (unpaired) electrons. The number of nitrogen functional groups attached to an aromatic ring is 1. The standard InChI is InChI=1S/C12H12ClN3O2/c13-10-4-2-1-3-8(10)7-16-12(14)9(6-15-16)5-11(17)18/h1-4,6H,5,7,14H2,(H,17,18). The summed E-state index contributed by atoms with van der Waals surface area (Å²) >= 11 is 6.04. The molecule has 0 bridgehead atoms. The fourth-order valence-corrected chi connectivity index (χ4v) is 1.84. The van der Waals surface area contributed by atoms with Crippen molar-refractivity contribution >= 4 is 23.4 Å². The number of hydrogen-bond donors (Lipinski definition) is 2. The smallest absolute Gasteiger partial charge is 0.308 e. The predicted octanol–water partition coefficient (Wildman–Crippen LogP) is 1.79. The highest BCUT2D eigenvalue weighted by atomic mass is 35.5. The minimum Gasteiger partial charge on any atom is -0.481 e. The van der Waals surface area contributed by atoms with Crippen LogP contribution in [0.15, 0.2) is 30.5 Å². The summed E-state index contributed by atoms with van der Waals surface area (Å²) in [6.45, 7) is 0.422. The molecule has 0 amide bonds. The average molecular weight is 266 g/mol. The van der Waals surface area contributed by atoms with E-state index in [4.69, 9.17) is 22.4 Å². The van der Waals surface area contributed by atoms with Crippen LogP contribution in [0.25, 0.3) is 0 Å². The van der Waals surface area contributed by atoms with E-state index in [0.29, 0.717) is 22.9 Å². The Kier molecular flexibility index (Phi) is 3.53. The van der Waals surface area contributed by atoms with Gasteiger partial charge in [0.2, 0.25) is 0 Å². The minimum atomic E-state index is -0.931. The number of hydrogen-bond acceptors (Lipinski definition) is 3. The van der Waals surface area contributed by atoms with Crippen LogP contribution in [0.2, 0.25) is 5.02 Å². The van der Waals surface area contributed by atoms with Crippen LogP contribution in [0, 0.1) is 0 Å². The van der Waals surface area contributed by atoms with Crippen LogP contribution < -0.4 is 5.73 Å². The number of halogens is 1. The Balaban J connectivity index is 2.23. The normalized spacial score (nSPS) is 10.5. The van der Waals surface area contributed by atoms with Crippen molar-refractivity contribution in [2.75, 3.05) is 5.73 Å². The third-order valence-electron chi connectivity index (χ3n) is 2.58. The van der Waals surface area contributed by atoms with Gasteiger partial charge < -0.3 is 10.8 Å². The lowest BCUT2D eigenvalue weighted by molar-refractivity contribution is -0.136. The van der Waals surface area contributed by atoms with Crippen molar-refractivity contribution in [1.82, 2.24) is 9.78 Å². The van der Waals surface area contributed by atoms with E-state index in [0.717, 1.165) is 5.56 Å². The zero-order chi connectivity index (χ0) is 13.1. The van der Waals surface area contributed by atoms with Gasteiger partial charge in [0.1, 0.15) is 5.82 Å². The van der Waals surface area contributed by atoms with Crippen molar-refractivity contribution < 1.29 is 9.90 Å². The molecule has 0 saturated carbocycles. The molecular formula is C12H12ClN3O2. The number of carbonyl (C=O) groups is 1. The number of carboxylic acid groups (broad SMARTS) is 1. The number of carboxylic acids is 1. The van der Waals surface area contributed by atoms with E-state index >= 15 is 0 Å². The van der Waals surface area contributed by atoms with Gasteiger partial charge >= 0.3 is 5.97 Å². The van der Waals surface area contributed by atoms with Gasteiger partial charge in [0.25, 0.3) is 0 Å². The summed E-state index contributed by atoms with van der Waals surface area (Å²) in [4.78, 5) is 10.6. The number of nitrogens with zero attached hydrogens (tertiary/aromatic N) is 2. The molecule has 6 heteroatoms. The molecule has 1 aromatic carbocycles. The average Bonchev–Trinajstić information content (AvgIpc) is 2.64. The quantitative estimate of drug-likeness (QED) is 0.883. The monoisotopic (exact) mass is 265 g/mol. The summed E-state index contributed by atoms with van der Waals surface area (Å²) in [7, 11) is 0. The van der Waals surface area contributed by atoms with Gasteiger partial charge in [-0.3, -0.25) is 4.79 Å². The topological polar surface area (TPSA) is 81.1 Å². The number of aliphatic carboxylic acids is 1. The summed E-state index contributed by atoms with van der Waals surface area (Å²) in [6, 6.07) is 7.38. The minimum absolute atomic E-state index is 0.131. The number of anilines is 1. The number of nitrogens with two attached hydrogens (primary N) is 1. The van der Waals surface area contributed by atoms with Crippen LogP contribution in [0.4, 0.5) is 5.82 Å². The molecule has 3 N–H and O–H groups in total. The van der Waals surface area contributed by atoms with E-state index in [1.807, 2.05) is 18.2 Å². The van der Waals surface area contributed by atoms with Crippen LogP contribution in [-0.2, 0) is 17.8 Å². The van der Waals surface area contributed by atoms with Crippen LogP contribution in [0.1, 0.15) is 11.1 Å². The van der Waals surface area contributed by atoms with E-state index in [1.54, 1.807) is 10.7 Å². The molecule has 94 valence electrons. The molecule has 2 aromatic rings. The number of aromatic nitrogens is 2. The molecule has 0 fully saturated rings. The van der Waals surface area contributed by atoms with E-state index in [2.05, 4.69) is 5.10 Å². The molecule has 1 aromatic heterocycles. The molecule has 0 aliphatic carbocycles.